The lowest BCUT2D eigenvalue weighted by molar-refractivity contribution is 0.0946. The topological polar surface area (TPSA) is 41.6 Å². The number of rotatable bonds is 7. The highest BCUT2D eigenvalue weighted by atomic mass is 79.9. The Hall–Kier alpha value is -0.980. The van der Waals surface area contributed by atoms with Crippen LogP contribution < -0.4 is 5.32 Å². The van der Waals surface area contributed by atoms with E-state index in [2.05, 4.69) is 26.1 Å². The summed E-state index contributed by atoms with van der Waals surface area (Å²) < 4.78 is 18.3. The molecular weight excluding hydrogens is 315 g/mol. The number of carbonyl (C=O) groups is 1. The Kier molecular flexibility index (Phi) is 6.97. The van der Waals surface area contributed by atoms with Crippen molar-refractivity contribution in [2.24, 2.45) is 0 Å². The minimum atomic E-state index is -0.372. The molecule has 0 aliphatic carbocycles. The van der Waals surface area contributed by atoms with Crippen molar-refractivity contribution in [2.75, 3.05) is 40.4 Å². The molecule has 0 radical (unpaired) electrons. The molecular formula is C13H18BrFN2O2. The standard InChI is InChI=1S/C13H18BrFN2O2/c1-17(7-8-19-2)6-5-16-13(18)11-4-3-10(15)9-12(11)14/h3-4,9H,5-8H2,1-2H3,(H,16,18). The number of benzene rings is 1. The third-order valence-corrected chi connectivity index (χ3v) is 3.29. The van der Waals surface area contributed by atoms with Gasteiger partial charge in [-0.05, 0) is 41.2 Å². The van der Waals surface area contributed by atoms with Crippen LogP contribution in [0.25, 0.3) is 0 Å². The highest BCUT2D eigenvalue weighted by molar-refractivity contribution is 9.10. The van der Waals surface area contributed by atoms with E-state index in [4.69, 9.17) is 4.74 Å². The van der Waals surface area contributed by atoms with Gasteiger partial charge in [-0.3, -0.25) is 4.79 Å². The molecule has 1 rings (SSSR count). The van der Waals surface area contributed by atoms with Crippen LogP contribution in [0.1, 0.15) is 10.4 Å². The van der Waals surface area contributed by atoms with Gasteiger partial charge in [0.15, 0.2) is 0 Å². The fraction of sp³-hybridized carbons (Fsp3) is 0.462. The van der Waals surface area contributed by atoms with E-state index in [1.165, 1.54) is 18.2 Å². The van der Waals surface area contributed by atoms with E-state index < -0.39 is 0 Å². The lowest BCUT2D eigenvalue weighted by Crippen LogP contribution is -2.34. The second-order valence-corrected chi connectivity index (χ2v) is 5.03. The number of carbonyl (C=O) groups excluding carboxylic acids is 1. The van der Waals surface area contributed by atoms with Crippen LogP contribution in [-0.4, -0.2) is 51.2 Å². The zero-order valence-corrected chi connectivity index (χ0v) is 12.7. The summed E-state index contributed by atoms with van der Waals surface area (Å²) >= 11 is 3.17. The molecule has 0 aliphatic heterocycles. The SMILES string of the molecule is COCCN(C)CCNC(=O)c1ccc(F)cc1Br. The molecule has 0 fully saturated rings. The minimum absolute atomic E-state index is 0.216. The van der Waals surface area contributed by atoms with Crippen molar-refractivity contribution in [2.45, 2.75) is 0 Å². The van der Waals surface area contributed by atoms with Crippen molar-refractivity contribution in [1.82, 2.24) is 10.2 Å². The van der Waals surface area contributed by atoms with Crippen LogP contribution in [0.15, 0.2) is 22.7 Å². The zero-order chi connectivity index (χ0) is 14.3. The van der Waals surface area contributed by atoms with Crippen molar-refractivity contribution < 1.29 is 13.9 Å². The number of likely N-dealkylation sites (N-methyl/N-ethyl adjacent to an activating group) is 1. The molecule has 0 aromatic heterocycles. The summed E-state index contributed by atoms with van der Waals surface area (Å²) in [5.41, 5.74) is 0.431. The van der Waals surface area contributed by atoms with E-state index in [1.807, 2.05) is 7.05 Å². The third-order valence-electron chi connectivity index (χ3n) is 2.63. The summed E-state index contributed by atoms with van der Waals surface area (Å²) in [7, 11) is 3.61. The molecule has 0 atom stereocenters. The molecule has 1 aromatic rings. The number of hydrogen-bond donors (Lipinski definition) is 1. The molecule has 1 aromatic carbocycles. The Balaban J connectivity index is 2.39. The number of ether oxygens (including phenoxy) is 1. The predicted octanol–water partition coefficient (Wildman–Crippen LogP) is 1.90. The molecule has 4 nitrogen and oxygen atoms in total. The Morgan fingerprint density at radius 2 is 2.21 bits per heavy atom. The molecule has 0 spiro atoms. The van der Waals surface area contributed by atoms with Crippen molar-refractivity contribution in [3.63, 3.8) is 0 Å². The number of halogens is 2. The van der Waals surface area contributed by atoms with E-state index in [0.717, 1.165) is 13.1 Å². The van der Waals surface area contributed by atoms with Gasteiger partial charge in [-0.25, -0.2) is 4.39 Å². The first-order valence-corrected chi connectivity index (χ1v) is 6.74. The van der Waals surface area contributed by atoms with Gasteiger partial charge in [-0.15, -0.1) is 0 Å². The van der Waals surface area contributed by atoms with Gasteiger partial charge >= 0.3 is 0 Å². The molecule has 106 valence electrons. The van der Waals surface area contributed by atoms with Crippen LogP contribution in [0.4, 0.5) is 4.39 Å². The summed E-state index contributed by atoms with van der Waals surface area (Å²) in [5, 5.41) is 2.79. The van der Waals surface area contributed by atoms with Crippen LogP contribution in [0.5, 0.6) is 0 Å². The normalized spacial score (nSPS) is 10.8. The van der Waals surface area contributed by atoms with Crippen molar-refractivity contribution in [1.29, 1.82) is 0 Å². The number of nitrogens with one attached hydrogen (secondary N) is 1. The Morgan fingerprint density at radius 1 is 1.47 bits per heavy atom. The number of nitrogens with zero attached hydrogens (tertiary/aromatic N) is 1. The fourth-order valence-corrected chi connectivity index (χ4v) is 2.02. The number of amides is 1. The lowest BCUT2D eigenvalue weighted by Gasteiger charge is -2.16. The van der Waals surface area contributed by atoms with E-state index in [0.29, 0.717) is 23.2 Å². The molecule has 0 saturated heterocycles. The van der Waals surface area contributed by atoms with Crippen LogP contribution in [0.3, 0.4) is 0 Å². The van der Waals surface area contributed by atoms with Gasteiger partial charge in [0.2, 0.25) is 0 Å². The maximum Gasteiger partial charge on any atom is 0.252 e. The maximum absolute atomic E-state index is 12.9. The van der Waals surface area contributed by atoms with Crippen LogP contribution in [0, 0.1) is 5.82 Å². The van der Waals surface area contributed by atoms with Crippen LogP contribution in [-0.2, 0) is 4.74 Å². The fourth-order valence-electron chi connectivity index (χ4n) is 1.49. The second kappa shape index (κ2) is 8.24. The van der Waals surface area contributed by atoms with Gasteiger partial charge in [-0.2, -0.15) is 0 Å². The number of methoxy groups -OCH3 is 1. The van der Waals surface area contributed by atoms with E-state index >= 15 is 0 Å². The second-order valence-electron chi connectivity index (χ2n) is 4.18. The van der Waals surface area contributed by atoms with Gasteiger partial charge in [0.05, 0.1) is 12.2 Å². The van der Waals surface area contributed by atoms with Gasteiger partial charge in [0.1, 0.15) is 5.82 Å². The quantitative estimate of drug-likeness (QED) is 0.829. The smallest absolute Gasteiger partial charge is 0.252 e. The molecule has 0 unspecified atom stereocenters. The van der Waals surface area contributed by atoms with Gasteiger partial charge in [0.25, 0.3) is 5.91 Å². The van der Waals surface area contributed by atoms with E-state index in [-0.39, 0.29) is 11.7 Å². The van der Waals surface area contributed by atoms with Gasteiger partial charge in [-0.1, -0.05) is 0 Å². The summed E-state index contributed by atoms with van der Waals surface area (Å²) in [6.07, 6.45) is 0. The molecule has 1 amide bonds. The number of hydrogen-bond acceptors (Lipinski definition) is 3. The molecule has 19 heavy (non-hydrogen) atoms. The monoisotopic (exact) mass is 332 g/mol. The largest absolute Gasteiger partial charge is 0.383 e. The van der Waals surface area contributed by atoms with Crippen molar-refractivity contribution in [3.05, 3.63) is 34.1 Å². The van der Waals surface area contributed by atoms with Crippen molar-refractivity contribution >= 4 is 21.8 Å². The first-order valence-electron chi connectivity index (χ1n) is 5.95. The van der Waals surface area contributed by atoms with E-state index in [1.54, 1.807) is 7.11 Å². The Morgan fingerprint density at radius 3 is 2.84 bits per heavy atom. The Bertz CT molecular complexity index is 429. The first kappa shape index (κ1) is 16.1. The van der Waals surface area contributed by atoms with Gasteiger partial charge in [0, 0.05) is 31.2 Å². The van der Waals surface area contributed by atoms with Gasteiger partial charge < -0.3 is 15.0 Å². The lowest BCUT2D eigenvalue weighted by atomic mass is 10.2. The minimum Gasteiger partial charge on any atom is -0.383 e. The summed E-state index contributed by atoms with van der Waals surface area (Å²) in [4.78, 5) is 13.9. The van der Waals surface area contributed by atoms with Crippen LogP contribution in [0.2, 0.25) is 0 Å². The summed E-state index contributed by atoms with van der Waals surface area (Å²) in [5.74, 6) is -0.588. The summed E-state index contributed by atoms with van der Waals surface area (Å²) in [6, 6.07) is 4.01. The van der Waals surface area contributed by atoms with Crippen LogP contribution >= 0.6 is 15.9 Å². The maximum atomic E-state index is 12.9. The zero-order valence-electron chi connectivity index (χ0n) is 11.1. The Labute approximate surface area is 121 Å². The third kappa shape index (κ3) is 5.67. The molecule has 1 N–H and O–H groups in total. The highest BCUT2D eigenvalue weighted by Gasteiger charge is 2.10. The first-order chi connectivity index (χ1) is 9.04. The average Bonchev–Trinajstić information content (AvgIpc) is 2.36. The van der Waals surface area contributed by atoms with Crippen molar-refractivity contribution in [3.8, 4) is 0 Å². The molecule has 0 heterocycles. The highest BCUT2D eigenvalue weighted by Crippen LogP contribution is 2.17. The molecule has 0 bridgehead atoms. The predicted molar refractivity (Wildman–Crippen MR) is 75.8 cm³/mol. The molecule has 0 saturated carbocycles. The van der Waals surface area contributed by atoms with E-state index in [9.17, 15) is 9.18 Å². The molecule has 6 heteroatoms. The summed E-state index contributed by atoms with van der Waals surface area (Å²) in [6.45, 7) is 2.73. The average molecular weight is 333 g/mol. The molecule has 0 aliphatic rings.